The Balaban J connectivity index is 2.16. The number of aromatic amines is 1. The molecule has 0 aliphatic carbocycles. The van der Waals surface area contributed by atoms with Gasteiger partial charge in [0.1, 0.15) is 5.82 Å². The zero-order valence-electron chi connectivity index (χ0n) is 12.4. The standard InChI is InChI=1S/C13H21N5O2S/c1-4-14-8-11-7-12(9-18(11)3)21(19,20)17-10(2)13-15-5-6-16-13/h5-7,9-10,14,17H,4,8H2,1-3H3,(H,15,16). The maximum absolute atomic E-state index is 12.4. The smallest absolute Gasteiger partial charge is 0.242 e. The first-order valence-electron chi connectivity index (χ1n) is 6.81. The summed E-state index contributed by atoms with van der Waals surface area (Å²) in [6, 6.07) is 1.27. The van der Waals surface area contributed by atoms with Crippen molar-refractivity contribution >= 4 is 10.0 Å². The Hall–Kier alpha value is -1.64. The summed E-state index contributed by atoms with van der Waals surface area (Å²) in [5.41, 5.74) is 0.919. The number of sulfonamides is 1. The highest BCUT2D eigenvalue weighted by atomic mass is 32.2. The van der Waals surface area contributed by atoms with Crippen LogP contribution in [0.1, 0.15) is 31.4 Å². The summed E-state index contributed by atoms with van der Waals surface area (Å²) in [4.78, 5) is 7.22. The van der Waals surface area contributed by atoms with Crippen molar-refractivity contribution < 1.29 is 8.42 Å². The zero-order valence-corrected chi connectivity index (χ0v) is 13.2. The lowest BCUT2D eigenvalue weighted by Gasteiger charge is -2.10. The molecule has 0 radical (unpaired) electrons. The largest absolute Gasteiger partial charge is 0.352 e. The molecular weight excluding hydrogens is 290 g/mol. The molecule has 2 aromatic heterocycles. The predicted molar refractivity (Wildman–Crippen MR) is 80.1 cm³/mol. The second-order valence-electron chi connectivity index (χ2n) is 4.88. The minimum absolute atomic E-state index is 0.260. The molecule has 0 bridgehead atoms. The fourth-order valence-electron chi connectivity index (χ4n) is 2.02. The molecule has 1 unspecified atom stereocenters. The van der Waals surface area contributed by atoms with E-state index >= 15 is 0 Å². The van der Waals surface area contributed by atoms with Crippen molar-refractivity contribution in [3.8, 4) is 0 Å². The first kappa shape index (κ1) is 15.7. The van der Waals surface area contributed by atoms with Crippen LogP contribution in [0.5, 0.6) is 0 Å². The molecule has 2 heterocycles. The molecule has 2 rings (SSSR count). The SMILES string of the molecule is CCNCc1cc(S(=O)(=O)NC(C)c2ncc[nH]2)cn1C. The topological polar surface area (TPSA) is 91.8 Å². The van der Waals surface area contributed by atoms with Crippen molar-refractivity contribution in [2.45, 2.75) is 31.3 Å². The van der Waals surface area contributed by atoms with E-state index in [2.05, 4.69) is 20.0 Å². The van der Waals surface area contributed by atoms with E-state index in [9.17, 15) is 8.42 Å². The van der Waals surface area contributed by atoms with Crippen LogP contribution in [0.25, 0.3) is 0 Å². The number of rotatable bonds is 7. The molecule has 21 heavy (non-hydrogen) atoms. The quantitative estimate of drug-likeness (QED) is 0.708. The highest BCUT2D eigenvalue weighted by Gasteiger charge is 2.21. The van der Waals surface area contributed by atoms with Crippen LogP contribution >= 0.6 is 0 Å². The number of aryl methyl sites for hydroxylation is 1. The number of H-pyrrole nitrogens is 1. The summed E-state index contributed by atoms with van der Waals surface area (Å²) >= 11 is 0. The van der Waals surface area contributed by atoms with Gasteiger partial charge in [-0.2, -0.15) is 0 Å². The molecule has 8 heteroatoms. The lowest BCUT2D eigenvalue weighted by atomic mass is 10.3. The molecule has 0 aliphatic heterocycles. The number of imidazole rings is 1. The van der Waals surface area contributed by atoms with Crippen molar-refractivity contribution in [1.29, 1.82) is 0 Å². The van der Waals surface area contributed by atoms with Crippen molar-refractivity contribution in [2.24, 2.45) is 7.05 Å². The Kier molecular flexibility index (Phi) is 4.81. The first-order chi connectivity index (χ1) is 9.94. The van der Waals surface area contributed by atoms with Crippen LogP contribution in [0.4, 0.5) is 0 Å². The van der Waals surface area contributed by atoms with Gasteiger partial charge in [-0.25, -0.2) is 18.1 Å². The first-order valence-corrected chi connectivity index (χ1v) is 8.30. The van der Waals surface area contributed by atoms with E-state index in [1.807, 2.05) is 18.5 Å². The minimum atomic E-state index is -3.57. The summed E-state index contributed by atoms with van der Waals surface area (Å²) < 4.78 is 29.2. The van der Waals surface area contributed by atoms with Gasteiger partial charge in [-0.05, 0) is 19.5 Å². The lowest BCUT2D eigenvalue weighted by molar-refractivity contribution is 0.561. The number of hydrogen-bond donors (Lipinski definition) is 3. The van der Waals surface area contributed by atoms with Gasteiger partial charge in [-0.15, -0.1) is 0 Å². The highest BCUT2D eigenvalue weighted by molar-refractivity contribution is 7.89. The van der Waals surface area contributed by atoms with Gasteiger partial charge in [0.05, 0.1) is 10.9 Å². The lowest BCUT2D eigenvalue weighted by Crippen LogP contribution is -2.27. The Labute approximate surface area is 124 Å². The van der Waals surface area contributed by atoms with Crippen LogP contribution in [-0.4, -0.2) is 29.5 Å². The Bertz CT molecular complexity index is 675. The maximum Gasteiger partial charge on any atom is 0.242 e. The zero-order chi connectivity index (χ0) is 15.5. The van der Waals surface area contributed by atoms with E-state index in [0.29, 0.717) is 12.4 Å². The molecular formula is C13H21N5O2S. The highest BCUT2D eigenvalue weighted by Crippen LogP contribution is 2.16. The van der Waals surface area contributed by atoms with E-state index in [1.165, 1.54) is 0 Å². The van der Waals surface area contributed by atoms with Gasteiger partial charge >= 0.3 is 0 Å². The van der Waals surface area contributed by atoms with E-state index in [4.69, 9.17) is 0 Å². The minimum Gasteiger partial charge on any atom is -0.352 e. The van der Waals surface area contributed by atoms with Gasteiger partial charge in [0, 0.05) is 37.9 Å². The fourth-order valence-corrected chi connectivity index (χ4v) is 3.32. The van der Waals surface area contributed by atoms with Crippen LogP contribution in [0.15, 0.2) is 29.6 Å². The van der Waals surface area contributed by atoms with Crippen molar-refractivity contribution in [3.63, 3.8) is 0 Å². The molecule has 0 spiro atoms. The van der Waals surface area contributed by atoms with Crippen LogP contribution in [0.2, 0.25) is 0 Å². The summed E-state index contributed by atoms with van der Waals surface area (Å²) in [6.07, 6.45) is 4.87. The molecule has 116 valence electrons. The van der Waals surface area contributed by atoms with Crippen LogP contribution in [0, 0.1) is 0 Å². The molecule has 0 amide bonds. The van der Waals surface area contributed by atoms with Gasteiger partial charge in [0.25, 0.3) is 0 Å². The summed E-state index contributed by atoms with van der Waals surface area (Å²) in [5.74, 6) is 0.586. The average molecular weight is 311 g/mol. The normalized spacial score (nSPS) is 13.5. The number of nitrogens with zero attached hydrogens (tertiary/aromatic N) is 2. The van der Waals surface area contributed by atoms with Crippen LogP contribution in [0.3, 0.4) is 0 Å². The molecule has 0 saturated carbocycles. The summed E-state index contributed by atoms with van der Waals surface area (Å²) in [7, 11) is -1.74. The fraction of sp³-hybridized carbons (Fsp3) is 0.462. The van der Waals surface area contributed by atoms with E-state index in [-0.39, 0.29) is 4.90 Å². The molecule has 0 aliphatic rings. The van der Waals surface area contributed by atoms with Crippen molar-refractivity contribution in [2.75, 3.05) is 6.54 Å². The van der Waals surface area contributed by atoms with Gasteiger partial charge in [0.15, 0.2) is 0 Å². The second kappa shape index (κ2) is 6.42. The van der Waals surface area contributed by atoms with E-state index in [0.717, 1.165) is 12.2 Å². The molecule has 1 atom stereocenters. The Morgan fingerprint density at radius 2 is 2.24 bits per heavy atom. The third-order valence-corrected chi connectivity index (χ3v) is 4.72. The van der Waals surface area contributed by atoms with Gasteiger partial charge in [0.2, 0.25) is 10.0 Å². The Morgan fingerprint density at radius 3 is 2.86 bits per heavy atom. The van der Waals surface area contributed by atoms with Crippen LogP contribution in [-0.2, 0) is 23.6 Å². The third-order valence-electron chi connectivity index (χ3n) is 3.21. The molecule has 7 nitrogen and oxygen atoms in total. The molecule has 0 saturated heterocycles. The predicted octanol–water partition coefficient (Wildman–Crippen LogP) is 0.897. The average Bonchev–Trinajstić information content (AvgIpc) is 3.05. The second-order valence-corrected chi connectivity index (χ2v) is 6.59. The molecule has 2 aromatic rings. The monoisotopic (exact) mass is 311 g/mol. The van der Waals surface area contributed by atoms with E-state index in [1.54, 1.807) is 31.6 Å². The molecule has 0 fully saturated rings. The van der Waals surface area contributed by atoms with Crippen molar-refractivity contribution in [1.82, 2.24) is 24.6 Å². The number of hydrogen-bond acceptors (Lipinski definition) is 4. The van der Waals surface area contributed by atoms with Gasteiger partial charge in [-0.1, -0.05) is 6.92 Å². The molecule has 3 N–H and O–H groups in total. The van der Waals surface area contributed by atoms with Gasteiger partial charge < -0.3 is 14.9 Å². The maximum atomic E-state index is 12.4. The Morgan fingerprint density at radius 1 is 1.48 bits per heavy atom. The number of aromatic nitrogens is 3. The third kappa shape index (κ3) is 3.72. The van der Waals surface area contributed by atoms with E-state index < -0.39 is 16.1 Å². The molecule has 0 aromatic carbocycles. The number of nitrogens with one attached hydrogen (secondary N) is 3. The summed E-state index contributed by atoms with van der Waals surface area (Å²) in [5, 5.41) is 3.18. The van der Waals surface area contributed by atoms with Crippen molar-refractivity contribution in [3.05, 3.63) is 36.2 Å². The summed E-state index contributed by atoms with van der Waals surface area (Å²) in [6.45, 7) is 5.23. The van der Waals surface area contributed by atoms with Gasteiger partial charge in [-0.3, -0.25) is 0 Å². The van der Waals surface area contributed by atoms with Crippen LogP contribution < -0.4 is 10.0 Å².